The molecule has 1 rings (SSSR count). The monoisotopic (exact) mass is 314 g/mol. The number of para-hydroxylation sites is 1. The molecule has 0 atom stereocenters. The van der Waals surface area contributed by atoms with Crippen LogP contribution in [0.5, 0.6) is 5.75 Å². The van der Waals surface area contributed by atoms with Crippen LogP contribution >= 0.6 is 34.8 Å². The molecule has 0 amide bonds. The van der Waals surface area contributed by atoms with Crippen LogP contribution in [0.3, 0.4) is 0 Å². The number of halogens is 7. The smallest absolute Gasteiger partial charge is 0.406 e. The van der Waals surface area contributed by atoms with Crippen LogP contribution in [0.4, 0.5) is 17.9 Å². The largest absolute Gasteiger partial charge is 0.573 e. The summed E-state index contributed by atoms with van der Waals surface area (Å²) < 4.78 is 37.1. The lowest BCUT2D eigenvalue weighted by Gasteiger charge is -2.07. The maximum Gasteiger partial charge on any atom is 0.573 e. The Morgan fingerprint density at radius 3 is 1.65 bits per heavy atom. The molecular formula is C9H9Cl3F4O. The van der Waals surface area contributed by atoms with Gasteiger partial charge < -0.3 is 4.74 Å². The van der Waals surface area contributed by atoms with Gasteiger partial charge in [0.15, 0.2) is 3.79 Å². The molecule has 0 aromatic heterocycles. The van der Waals surface area contributed by atoms with E-state index >= 15 is 0 Å². The van der Waals surface area contributed by atoms with E-state index in [4.69, 9.17) is 34.8 Å². The summed E-state index contributed by atoms with van der Waals surface area (Å²) >= 11 is 15.2. The lowest BCUT2D eigenvalue weighted by atomic mass is 10.3. The molecule has 0 heterocycles. The first-order chi connectivity index (χ1) is 7.08. The highest BCUT2D eigenvalue weighted by atomic mass is 35.6. The molecule has 0 aliphatic rings. The minimum Gasteiger partial charge on any atom is -0.406 e. The molecule has 1 aromatic rings. The zero-order valence-corrected chi connectivity index (χ0v) is 10.7. The standard InChI is InChI=1S/C7H5F3O.C2H3Cl3.FH/c8-7(9,10)11-6-4-2-1-3-5-6;1-2(3,4)5;/h1-5H;1H3;1H. The molecule has 0 unspecified atom stereocenters. The molecule has 0 spiro atoms. The second kappa shape index (κ2) is 7.84. The highest BCUT2D eigenvalue weighted by Crippen LogP contribution is 2.23. The van der Waals surface area contributed by atoms with E-state index < -0.39 is 10.2 Å². The SMILES string of the molecule is CC(Cl)(Cl)Cl.F.FC(F)(F)Oc1ccccc1. The molecule has 0 saturated carbocycles. The molecule has 0 bridgehead atoms. The Labute approximate surface area is 111 Å². The quantitative estimate of drug-likeness (QED) is 0.516. The van der Waals surface area contributed by atoms with Crippen molar-refractivity contribution in [1.29, 1.82) is 0 Å². The lowest BCUT2D eigenvalue weighted by molar-refractivity contribution is -0.274. The lowest BCUT2D eigenvalue weighted by Crippen LogP contribution is -2.16. The van der Waals surface area contributed by atoms with Crippen molar-refractivity contribution in [3.05, 3.63) is 30.3 Å². The molecule has 0 fully saturated rings. The van der Waals surface area contributed by atoms with Crippen LogP contribution in [0.25, 0.3) is 0 Å². The van der Waals surface area contributed by atoms with Gasteiger partial charge >= 0.3 is 6.36 Å². The van der Waals surface area contributed by atoms with Crippen LogP contribution in [-0.4, -0.2) is 10.2 Å². The fourth-order valence-corrected chi connectivity index (χ4v) is 0.622. The van der Waals surface area contributed by atoms with Gasteiger partial charge in [-0.3, -0.25) is 4.70 Å². The number of alkyl halides is 6. The van der Waals surface area contributed by atoms with Crippen molar-refractivity contribution in [3.63, 3.8) is 0 Å². The molecule has 0 radical (unpaired) electrons. The van der Waals surface area contributed by atoms with E-state index in [2.05, 4.69) is 4.74 Å². The van der Waals surface area contributed by atoms with Crippen molar-refractivity contribution in [3.8, 4) is 5.75 Å². The summed E-state index contributed by atoms with van der Waals surface area (Å²) in [5.74, 6) is -0.194. The number of hydrogen-bond donors (Lipinski definition) is 0. The van der Waals surface area contributed by atoms with Crippen molar-refractivity contribution in [1.82, 2.24) is 0 Å². The van der Waals surface area contributed by atoms with Crippen LogP contribution in [0.2, 0.25) is 0 Å². The predicted molar refractivity (Wildman–Crippen MR) is 61.6 cm³/mol. The van der Waals surface area contributed by atoms with Gasteiger partial charge in [-0.1, -0.05) is 53.0 Å². The van der Waals surface area contributed by atoms with Gasteiger partial charge in [0, 0.05) is 0 Å². The summed E-state index contributed by atoms with van der Waals surface area (Å²) in [7, 11) is 0. The van der Waals surface area contributed by atoms with Gasteiger partial charge in [-0.2, -0.15) is 0 Å². The maximum absolute atomic E-state index is 11.5. The molecule has 0 aliphatic heterocycles. The van der Waals surface area contributed by atoms with Crippen molar-refractivity contribution in [2.45, 2.75) is 17.1 Å². The van der Waals surface area contributed by atoms with Gasteiger partial charge in [0.2, 0.25) is 0 Å². The first-order valence-corrected chi connectivity index (χ1v) is 5.09. The molecular weight excluding hydrogens is 306 g/mol. The van der Waals surface area contributed by atoms with E-state index in [1.54, 1.807) is 6.07 Å². The van der Waals surface area contributed by atoms with Crippen molar-refractivity contribution < 1.29 is 22.6 Å². The van der Waals surface area contributed by atoms with E-state index in [1.165, 1.54) is 31.2 Å². The molecule has 8 heteroatoms. The van der Waals surface area contributed by atoms with Crippen LogP contribution in [-0.2, 0) is 0 Å². The molecule has 1 nitrogen and oxygen atoms in total. The number of rotatable bonds is 1. The third kappa shape index (κ3) is 18.2. The van der Waals surface area contributed by atoms with Crippen molar-refractivity contribution in [2.24, 2.45) is 0 Å². The number of hydrogen-bond acceptors (Lipinski definition) is 1. The molecule has 0 aliphatic carbocycles. The first kappa shape index (κ1) is 19.0. The Kier molecular flexibility index (Phi) is 8.75. The summed E-state index contributed by atoms with van der Waals surface area (Å²) in [5.41, 5.74) is 0. The summed E-state index contributed by atoms with van der Waals surface area (Å²) in [4.78, 5) is 0. The Hall–Kier alpha value is -0.390. The summed E-state index contributed by atoms with van der Waals surface area (Å²) in [5, 5.41) is 0. The van der Waals surface area contributed by atoms with Crippen molar-refractivity contribution >= 4 is 34.8 Å². The zero-order chi connectivity index (χ0) is 12.8. The average Bonchev–Trinajstić information content (AvgIpc) is 1.99. The van der Waals surface area contributed by atoms with Gasteiger partial charge in [0.1, 0.15) is 5.75 Å². The number of ether oxygens (including phenoxy) is 1. The van der Waals surface area contributed by atoms with E-state index in [-0.39, 0.29) is 10.5 Å². The fourth-order valence-electron chi connectivity index (χ4n) is 0.622. The Morgan fingerprint density at radius 1 is 1.00 bits per heavy atom. The molecule has 100 valence electrons. The third-order valence-corrected chi connectivity index (χ3v) is 0.977. The summed E-state index contributed by atoms with van der Waals surface area (Å²) in [6.45, 7) is 1.48. The van der Waals surface area contributed by atoms with E-state index in [0.29, 0.717) is 0 Å². The van der Waals surface area contributed by atoms with E-state index in [9.17, 15) is 13.2 Å². The van der Waals surface area contributed by atoms with Crippen LogP contribution in [0.15, 0.2) is 30.3 Å². The van der Waals surface area contributed by atoms with E-state index in [1.807, 2.05) is 0 Å². The fraction of sp³-hybridized carbons (Fsp3) is 0.333. The minimum atomic E-state index is -4.60. The normalized spacial score (nSPS) is 10.8. The minimum absolute atomic E-state index is 0. The highest BCUT2D eigenvalue weighted by molar-refractivity contribution is 6.67. The van der Waals surface area contributed by atoms with Gasteiger partial charge in [-0.25, -0.2) is 0 Å². The average molecular weight is 316 g/mol. The van der Waals surface area contributed by atoms with Gasteiger partial charge in [0.25, 0.3) is 0 Å². The van der Waals surface area contributed by atoms with Crippen LogP contribution in [0, 0.1) is 0 Å². The van der Waals surface area contributed by atoms with E-state index in [0.717, 1.165) is 0 Å². The molecule has 0 N–H and O–H groups in total. The summed E-state index contributed by atoms with van der Waals surface area (Å²) in [6.07, 6.45) is -4.60. The zero-order valence-electron chi connectivity index (χ0n) is 8.47. The first-order valence-electron chi connectivity index (χ1n) is 3.95. The second-order valence-corrected chi connectivity index (χ2v) is 5.49. The Bertz CT molecular complexity index is 291. The molecule has 0 saturated heterocycles. The van der Waals surface area contributed by atoms with Gasteiger partial charge in [-0.05, 0) is 19.1 Å². The Balaban J connectivity index is 0. The van der Waals surface area contributed by atoms with Gasteiger partial charge in [-0.15, -0.1) is 13.2 Å². The number of benzene rings is 1. The summed E-state index contributed by atoms with van der Waals surface area (Å²) in [6, 6.07) is 7.05. The van der Waals surface area contributed by atoms with Gasteiger partial charge in [0.05, 0.1) is 0 Å². The second-order valence-electron chi connectivity index (χ2n) is 2.64. The Morgan fingerprint density at radius 2 is 1.35 bits per heavy atom. The molecule has 1 aromatic carbocycles. The molecule has 17 heavy (non-hydrogen) atoms. The predicted octanol–water partition coefficient (Wildman–Crippen LogP) is 5.11. The van der Waals surface area contributed by atoms with Crippen LogP contribution in [0.1, 0.15) is 6.92 Å². The third-order valence-electron chi connectivity index (χ3n) is 0.977. The highest BCUT2D eigenvalue weighted by Gasteiger charge is 2.30. The topological polar surface area (TPSA) is 9.23 Å². The van der Waals surface area contributed by atoms with Crippen LogP contribution < -0.4 is 4.74 Å². The maximum atomic E-state index is 11.5. The van der Waals surface area contributed by atoms with Crippen molar-refractivity contribution in [2.75, 3.05) is 0 Å².